The van der Waals surface area contributed by atoms with Crippen LogP contribution in [0.25, 0.3) is 5.57 Å². The van der Waals surface area contributed by atoms with Crippen molar-refractivity contribution in [1.82, 2.24) is 5.32 Å². The number of carbonyl (C=O) groups excluding carboxylic acids is 1. The third kappa shape index (κ3) is 4.07. The van der Waals surface area contributed by atoms with Crippen molar-refractivity contribution in [2.75, 3.05) is 28.4 Å². The molecule has 0 unspecified atom stereocenters. The first kappa shape index (κ1) is 21.5. The summed E-state index contributed by atoms with van der Waals surface area (Å²) in [5, 5.41) is 13.8. The van der Waals surface area contributed by atoms with Crippen molar-refractivity contribution in [3.63, 3.8) is 0 Å². The van der Waals surface area contributed by atoms with E-state index in [9.17, 15) is 9.90 Å². The van der Waals surface area contributed by atoms with Crippen LogP contribution in [-0.2, 0) is 16.0 Å². The number of benzene rings is 1. The minimum absolute atomic E-state index is 0.0861. The van der Waals surface area contributed by atoms with Crippen LogP contribution in [0.15, 0.2) is 11.6 Å². The molecule has 3 atom stereocenters. The number of aryl methyl sites for hydroxylation is 1. The van der Waals surface area contributed by atoms with E-state index in [-0.39, 0.29) is 18.1 Å². The van der Waals surface area contributed by atoms with E-state index in [0.717, 1.165) is 35.1 Å². The number of aliphatic hydroxyl groups excluding tert-OH is 1. The van der Waals surface area contributed by atoms with Gasteiger partial charge in [-0.05, 0) is 54.9 Å². The number of methoxy groups -OCH3 is 4. The number of nitrogens with one attached hydrogen (secondary N) is 1. The molecule has 160 valence electrons. The normalized spacial score (nSPS) is 24.0. The van der Waals surface area contributed by atoms with E-state index < -0.39 is 6.10 Å². The van der Waals surface area contributed by atoms with Crippen LogP contribution in [0, 0.1) is 0 Å². The van der Waals surface area contributed by atoms with Gasteiger partial charge in [-0.1, -0.05) is 0 Å². The Balaban J connectivity index is 2.24. The third-order valence-electron chi connectivity index (χ3n) is 5.94. The van der Waals surface area contributed by atoms with Crippen molar-refractivity contribution in [2.45, 2.75) is 57.3 Å². The van der Waals surface area contributed by atoms with Gasteiger partial charge in [0.05, 0.1) is 39.6 Å². The molecule has 0 spiro atoms. The Hall–Kier alpha value is -2.25. The zero-order chi connectivity index (χ0) is 21.1. The van der Waals surface area contributed by atoms with Crippen LogP contribution in [0.4, 0.5) is 0 Å². The molecule has 0 bridgehead atoms. The Bertz CT molecular complexity index is 803. The second-order valence-corrected chi connectivity index (χ2v) is 7.56. The SMILES string of the molecule is COc1cc2c(c(OC)c1OC)C1=C(C[C@H](O)[C@H](OC)CC1)[C@@H](NC(C)=O)CC2. The molecule has 29 heavy (non-hydrogen) atoms. The summed E-state index contributed by atoms with van der Waals surface area (Å²) in [6.07, 6.45) is 2.42. The van der Waals surface area contributed by atoms with E-state index in [0.29, 0.717) is 36.5 Å². The second kappa shape index (κ2) is 9.05. The zero-order valence-corrected chi connectivity index (χ0v) is 17.8. The van der Waals surface area contributed by atoms with Crippen molar-refractivity contribution in [2.24, 2.45) is 0 Å². The van der Waals surface area contributed by atoms with Gasteiger partial charge >= 0.3 is 0 Å². The Morgan fingerprint density at radius 3 is 2.38 bits per heavy atom. The van der Waals surface area contributed by atoms with E-state index in [1.165, 1.54) is 6.92 Å². The van der Waals surface area contributed by atoms with Gasteiger partial charge in [-0.15, -0.1) is 0 Å². The molecule has 0 saturated heterocycles. The van der Waals surface area contributed by atoms with Gasteiger partial charge < -0.3 is 29.4 Å². The Kier molecular flexibility index (Phi) is 6.70. The molecule has 0 radical (unpaired) electrons. The zero-order valence-electron chi connectivity index (χ0n) is 17.8. The highest BCUT2D eigenvalue weighted by Crippen LogP contribution is 2.49. The van der Waals surface area contributed by atoms with Crippen LogP contribution in [0.5, 0.6) is 17.2 Å². The van der Waals surface area contributed by atoms with Crippen molar-refractivity contribution < 1.29 is 28.8 Å². The van der Waals surface area contributed by atoms with Gasteiger partial charge in [0.25, 0.3) is 0 Å². The van der Waals surface area contributed by atoms with Gasteiger partial charge in [0.2, 0.25) is 11.7 Å². The molecule has 0 aromatic heterocycles. The number of fused-ring (bicyclic) bond motifs is 2. The first-order chi connectivity index (χ1) is 13.9. The number of rotatable bonds is 5. The molecule has 0 heterocycles. The maximum absolute atomic E-state index is 11.9. The van der Waals surface area contributed by atoms with Crippen LogP contribution in [0.1, 0.15) is 43.7 Å². The van der Waals surface area contributed by atoms with Gasteiger partial charge in [-0.3, -0.25) is 4.79 Å². The number of amides is 1. The molecule has 7 nitrogen and oxygen atoms in total. The largest absolute Gasteiger partial charge is 0.493 e. The molecule has 1 amide bonds. The topological polar surface area (TPSA) is 86.2 Å². The molecular formula is C22H31NO6. The predicted octanol–water partition coefficient (Wildman–Crippen LogP) is 2.48. The highest BCUT2D eigenvalue weighted by molar-refractivity contribution is 5.82. The second-order valence-electron chi connectivity index (χ2n) is 7.56. The summed E-state index contributed by atoms with van der Waals surface area (Å²) in [5.74, 6) is 1.71. The third-order valence-corrected chi connectivity index (χ3v) is 5.94. The Morgan fingerprint density at radius 2 is 1.79 bits per heavy atom. The van der Waals surface area contributed by atoms with Crippen LogP contribution < -0.4 is 19.5 Å². The fourth-order valence-electron chi connectivity index (χ4n) is 4.65. The molecule has 1 aromatic carbocycles. The van der Waals surface area contributed by atoms with Crippen molar-refractivity contribution >= 4 is 11.5 Å². The minimum atomic E-state index is -0.628. The van der Waals surface area contributed by atoms with E-state index >= 15 is 0 Å². The average Bonchev–Trinajstić information content (AvgIpc) is 2.95. The van der Waals surface area contributed by atoms with Crippen LogP contribution in [-0.4, -0.2) is 57.7 Å². The Morgan fingerprint density at radius 1 is 1.07 bits per heavy atom. The van der Waals surface area contributed by atoms with E-state index in [1.807, 2.05) is 6.07 Å². The van der Waals surface area contributed by atoms with Crippen LogP contribution in [0.2, 0.25) is 0 Å². The number of hydrogen-bond acceptors (Lipinski definition) is 6. The number of hydrogen-bond donors (Lipinski definition) is 2. The highest BCUT2D eigenvalue weighted by Gasteiger charge is 2.35. The van der Waals surface area contributed by atoms with Crippen LogP contribution >= 0.6 is 0 Å². The summed E-state index contributed by atoms with van der Waals surface area (Å²) in [6.45, 7) is 1.52. The summed E-state index contributed by atoms with van der Waals surface area (Å²) >= 11 is 0. The molecule has 0 aliphatic heterocycles. The molecule has 2 aliphatic rings. The van der Waals surface area contributed by atoms with E-state index in [1.54, 1.807) is 28.4 Å². The predicted molar refractivity (Wildman–Crippen MR) is 110 cm³/mol. The molecule has 0 fully saturated rings. The molecule has 7 heteroatoms. The molecule has 2 N–H and O–H groups in total. The summed E-state index contributed by atoms with van der Waals surface area (Å²) < 4.78 is 22.5. The van der Waals surface area contributed by atoms with E-state index in [2.05, 4.69) is 5.32 Å². The number of carbonyl (C=O) groups is 1. The van der Waals surface area contributed by atoms with Crippen LogP contribution in [0.3, 0.4) is 0 Å². The quantitative estimate of drug-likeness (QED) is 0.783. The summed E-state index contributed by atoms with van der Waals surface area (Å²) in [7, 11) is 6.45. The standard InChI is InChI=1S/C22H31NO6/c1-12(24)23-16-8-6-13-10-19(27-3)21(28-4)22(29-5)20(13)14-7-9-18(26-2)17(25)11-15(14)16/h10,16-18,25H,6-9,11H2,1-5H3,(H,23,24)/t16-,17-,18+/m0/s1. The minimum Gasteiger partial charge on any atom is -0.493 e. The molecule has 3 rings (SSSR count). The van der Waals surface area contributed by atoms with Crippen molar-refractivity contribution in [1.29, 1.82) is 0 Å². The molecule has 1 aromatic rings. The lowest BCUT2D eigenvalue weighted by atomic mass is 9.90. The van der Waals surface area contributed by atoms with Crippen molar-refractivity contribution in [3.05, 3.63) is 22.8 Å². The maximum atomic E-state index is 11.9. The first-order valence-electron chi connectivity index (χ1n) is 9.97. The lowest BCUT2D eigenvalue weighted by molar-refractivity contribution is -0.119. The number of aliphatic hydroxyl groups is 1. The molecular weight excluding hydrogens is 374 g/mol. The summed E-state index contributed by atoms with van der Waals surface area (Å²) in [5.41, 5.74) is 4.20. The molecule has 2 aliphatic carbocycles. The van der Waals surface area contributed by atoms with E-state index in [4.69, 9.17) is 18.9 Å². The highest BCUT2D eigenvalue weighted by atomic mass is 16.5. The lowest BCUT2D eigenvalue weighted by Crippen LogP contribution is -2.37. The smallest absolute Gasteiger partial charge is 0.217 e. The average molecular weight is 405 g/mol. The summed E-state index contributed by atoms with van der Waals surface area (Å²) in [6, 6.07) is 1.84. The van der Waals surface area contributed by atoms with Gasteiger partial charge in [0.1, 0.15) is 0 Å². The van der Waals surface area contributed by atoms with Gasteiger partial charge in [-0.25, -0.2) is 0 Å². The Labute approximate surface area is 172 Å². The molecule has 0 saturated carbocycles. The first-order valence-corrected chi connectivity index (χ1v) is 9.97. The number of ether oxygens (including phenoxy) is 4. The lowest BCUT2D eigenvalue weighted by Gasteiger charge is -2.24. The van der Waals surface area contributed by atoms with Gasteiger partial charge in [0.15, 0.2) is 11.5 Å². The fraction of sp³-hybridized carbons (Fsp3) is 0.591. The van der Waals surface area contributed by atoms with Gasteiger partial charge in [0, 0.05) is 19.6 Å². The van der Waals surface area contributed by atoms with Crippen molar-refractivity contribution in [3.8, 4) is 17.2 Å². The summed E-state index contributed by atoms with van der Waals surface area (Å²) in [4.78, 5) is 11.9. The fourth-order valence-corrected chi connectivity index (χ4v) is 4.65. The van der Waals surface area contributed by atoms with Gasteiger partial charge in [-0.2, -0.15) is 0 Å². The monoisotopic (exact) mass is 405 g/mol. The number of allylic oxidation sites excluding steroid dienone is 1. The maximum Gasteiger partial charge on any atom is 0.217 e.